The molecule has 0 aliphatic rings. The van der Waals surface area contributed by atoms with Gasteiger partial charge in [0.05, 0.1) is 0 Å². The van der Waals surface area contributed by atoms with Crippen molar-refractivity contribution in [3.8, 4) is 0 Å². The van der Waals surface area contributed by atoms with E-state index in [1.807, 2.05) is 30.9 Å². The minimum Gasteiger partial charge on any atom is -0.369 e. The van der Waals surface area contributed by atoms with Crippen molar-refractivity contribution in [1.29, 1.82) is 0 Å². The summed E-state index contributed by atoms with van der Waals surface area (Å²) in [5.74, 6) is 0.448. The Labute approximate surface area is 113 Å². The quantitative estimate of drug-likeness (QED) is 0.485. The summed E-state index contributed by atoms with van der Waals surface area (Å²) in [4.78, 5) is 10.1. The number of nitrogens with two attached hydrogens (primary N) is 1. The van der Waals surface area contributed by atoms with Crippen molar-refractivity contribution >= 4 is 23.3 Å². The molecule has 1 heterocycles. The molecule has 98 valence electrons. The van der Waals surface area contributed by atoms with Crippen molar-refractivity contribution in [2.75, 3.05) is 13.1 Å². The van der Waals surface area contributed by atoms with Gasteiger partial charge in [0.25, 0.3) is 0 Å². The second-order valence-electron chi connectivity index (χ2n) is 3.66. The lowest BCUT2D eigenvalue weighted by Gasteiger charge is -2.19. The normalized spacial score (nSPS) is 11.1. The third-order valence-electron chi connectivity index (χ3n) is 2.47. The number of hydrogen-bond acceptors (Lipinski definition) is 2. The molecule has 0 fully saturated rings. The van der Waals surface area contributed by atoms with E-state index in [0.717, 1.165) is 18.7 Å². The van der Waals surface area contributed by atoms with E-state index in [9.17, 15) is 0 Å². The third kappa shape index (κ3) is 4.67. The van der Waals surface area contributed by atoms with Gasteiger partial charge in [-0.1, -0.05) is 6.07 Å². The molecule has 0 unspecified atom stereocenters. The molecule has 1 aromatic heterocycles. The van der Waals surface area contributed by atoms with Crippen LogP contribution in [0.15, 0.2) is 29.5 Å². The van der Waals surface area contributed by atoms with E-state index in [-0.39, 0.29) is 0 Å². The zero-order valence-electron chi connectivity index (χ0n) is 10.8. The fraction of sp³-hybridized carbons (Fsp3) is 0.417. The number of guanidine groups is 1. The fourth-order valence-corrected chi connectivity index (χ4v) is 1.61. The van der Waals surface area contributed by atoms with Gasteiger partial charge < -0.3 is 16.0 Å². The minimum atomic E-state index is 0.392. The molecule has 3 N–H and O–H groups in total. The van der Waals surface area contributed by atoms with E-state index in [1.54, 1.807) is 12.4 Å². The highest BCUT2D eigenvalue weighted by molar-refractivity contribution is 7.80. The van der Waals surface area contributed by atoms with Gasteiger partial charge in [-0.25, -0.2) is 0 Å². The molecule has 0 radical (unpaired) electrons. The van der Waals surface area contributed by atoms with E-state index in [2.05, 4.69) is 15.3 Å². The summed E-state index contributed by atoms with van der Waals surface area (Å²) in [6.07, 6.45) is 3.52. The Kier molecular flexibility index (Phi) is 6.07. The standard InChI is InChI=1S/C12H19N5S/c1-3-17(4-2)11(13)16-12(18)15-9-10-6-5-7-14-8-10/h5-8H,3-4,9H2,1-2H3,(H3,13,15,16,18). The maximum Gasteiger partial charge on any atom is 0.198 e. The molecule has 0 amide bonds. The summed E-state index contributed by atoms with van der Waals surface area (Å²) in [7, 11) is 0. The maximum atomic E-state index is 5.84. The highest BCUT2D eigenvalue weighted by Gasteiger charge is 2.03. The van der Waals surface area contributed by atoms with Crippen molar-refractivity contribution in [1.82, 2.24) is 15.2 Å². The molecular formula is C12H19N5S. The van der Waals surface area contributed by atoms with E-state index in [1.165, 1.54) is 0 Å². The van der Waals surface area contributed by atoms with Gasteiger partial charge in [0.2, 0.25) is 0 Å². The van der Waals surface area contributed by atoms with E-state index < -0.39 is 0 Å². The molecule has 0 bridgehead atoms. The Morgan fingerprint density at radius 1 is 1.50 bits per heavy atom. The van der Waals surface area contributed by atoms with E-state index in [4.69, 9.17) is 18.0 Å². The number of aromatic nitrogens is 1. The molecule has 0 aliphatic heterocycles. The van der Waals surface area contributed by atoms with Crippen LogP contribution in [-0.2, 0) is 6.54 Å². The smallest absolute Gasteiger partial charge is 0.198 e. The molecule has 0 saturated carbocycles. The van der Waals surface area contributed by atoms with Crippen LogP contribution in [-0.4, -0.2) is 34.0 Å². The van der Waals surface area contributed by atoms with Crippen molar-refractivity contribution in [2.45, 2.75) is 20.4 Å². The van der Waals surface area contributed by atoms with Gasteiger partial charge in [-0.2, -0.15) is 4.99 Å². The average Bonchev–Trinajstić information content (AvgIpc) is 2.39. The SMILES string of the molecule is CCN(CC)/C(N)=N/C(=S)NCc1cccnc1. The topological polar surface area (TPSA) is 66.5 Å². The molecule has 0 spiro atoms. The second kappa shape index (κ2) is 7.60. The van der Waals surface area contributed by atoms with Gasteiger partial charge in [-0.05, 0) is 37.7 Å². The minimum absolute atomic E-state index is 0.392. The number of pyridine rings is 1. The van der Waals surface area contributed by atoms with E-state index >= 15 is 0 Å². The summed E-state index contributed by atoms with van der Waals surface area (Å²) in [6.45, 7) is 6.28. The Bertz CT molecular complexity index is 400. The Morgan fingerprint density at radius 2 is 2.22 bits per heavy atom. The van der Waals surface area contributed by atoms with Crippen molar-refractivity contribution < 1.29 is 0 Å². The molecule has 1 rings (SSSR count). The van der Waals surface area contributed by atoms with Crippen LogP contribution in [0.2, 0.25) is 0 Å². The van der Waals surface area contributed by atoms with Gasteiger partial charge >= 0.3 is 0 Å². The lowest BCUT2D eigenvalue weighted by atomic mass is 10.3. The third-order valence-corrected chi connectivity index (χ3v) is 2.71. The van der Waals surface area contributed by atoms with Crippen LogP contribution in [0, 0.1) is 0 Å². The molecule has 0 saturated heterocycles. The first kappa shape index (κ1) is 14.4. The summed E-state index contributed by atoms with van der Waals surface area (Å²) in [5, 5.41) is 3.42. The zero-order valence-corrected chi connectivity index (χ0v) is 11.6. The number of nitrogens with zero attached hydrogens (tertiary/aromatic N) is 3. The van der Waals surface area contributed by atoms with E-state index in [0.29, 0.717) is 17.6 Å². The Balaban J connectivity index is 2.49. The van der Waals surface area contributed by atoms with Crippen LogP contribution in [0.25, 0.3) is 0 Å². The molecular weight excluding hydrogens is 246 g/mol. The number of aliphatic imine (C=N–C) groups is 1. The highest BCUT2D eigenvalue weighted by Crippen LogP contribution is 1.95. The predicted octanol–water partition coefficient (Wildman–Crippen LogP) is 1.11. The van der Waals surface area contributed by atoms with Crippen LogP contribution in [0.1, 0.15) is 19.4 Å². The van der Waals surface area contributed by atoms with Gasteiger partial charge in [0, 0.05) is 32.0 Å². The number of hydrogen-bond donors (Lipinski definition) is 2. The van der Waals surface area contributed by atoms with Crippen LogP contribution < -0.4 is 11.1 Å². The van der Waals surface area contributed by atoms with Gasteiger partial charge in [0.15, 0.2) is 11.1 Å². The maximum absolute atomic E-state index is 5.84. The first-order chi connectivity index (χ1) is 8.67. The molecule has 6 heteroatoms. The molecule has 18 heavy (non-hydrogen) atoms. The summed E-state index contributed by atoms with van der Waals surface area (Å²) in [6, 6.07) is 3.85. The monoisotopic (exact) mass is 265 g/mol. The van der Waals surface area contributed by atoms with Crippen molar-refractivity contribution in [3.63, 3.8) is 0 Å². The van der Waals surface area contributed by atoms with Gasteiger partial charge in [-0.15, -0.1) is 0 Å². The largest absolute Gasteiger partial charge is 0.369 e. The van der Waals surface area contributed by atoms with Crippen LogP contribution in [0.3, 0.4) is 0 Å². The molecule has 5 nitrogen and oxygen atoms in total. The molecule has 0 atom stereocenters. The first-order valence-corrected chi connectivity index (χ1v) is 6.34. The summed E-state index contributed by atoms with van der Waals surface area (Å²) < 4.78 is 0. The molecule has 1 aromatic rings. The average molecular weight is 265 g/mol. The first-order valence-electron chi connectivity index (χ1n) is 5.93. The second-order valence-corrected chi connectivity index (χ2v) is 4.05. The van der Waals surface area contributed by atoms with Crippen LogP contribution >= 0.6 is 12.2 Å². The zero-order chi connectivity index (χ0) is 13.4. The van der Waals surface area contributed by atoms with Crippen molar-refractivity contribution in [2.24, 2.45) is 10.7 Å². The van der Waals surface area contributed by atoms with Crippen LogP contribution in [0.5, 0.6) is 0 Å². The lowest BCUT2D eigenvalue weighted by molar-refractivity contribution is 0.461. The lowest BCUT2D eigenvalue weighted by Crippen LogP contribution is -2.38. The summed E-state index contributed by atoms with van der Waals surface area (Å²) >= 11 is 5.12. The summed E-state index contributed by atoms with van der Waals surface area (Å²) in [5.41, 5.74) is 6.90. The Morgan fingerprint density at radius 3 is 2.78 bits per heavy atom. The van der Waals surface area contributed by atoms with Crippen molar-refractivity contribution in [3.05, 3.63) is 30.1 Å². The number of rotatable bonds is 4. The van der Waals surface area contributed by atoms with Gasteiger partial charge in [0.1, 0.15) is 0 Å². The molecule has 0 aliphatic carbocycles. The highest BCUT2D eigenvalue weighted by atomic mass is 32.1. The molecule has 0 aromatic carbocycles. The van der Waals surface area contributed by atoms with Gasteiger partial charge in [-0.3, -0.25) is 4.98 Å². The number of nitrogens with one attached hydrogen (secondary N) is 1. The Hall–Kier alpha value is -1.69. The predicted molar refractivity (Wildman–Crippen MR) is 78.2 cm³/mol. The van der Waals surface area contributed by atoms with Crippen LogP contribution in [0.4, 0.5) is 0 Å². The number of thiocarbonyl (C=S) groups is 1. The fourth-order valence-electron chi connectivity index (χ4n) is 1.44.